The highest BCUT2D eigenvalue weighted by atomic mass is 19.1. The predicted octanol–water partition coefficient (Wildman–Crippen LogP) is 2.30. The number of nitrogens with one attached hydrogen (secondary N) is 2. The molecule has 0 aromatic heterocycles. The first-order valence-corrected chi connectivity index (χ1v) is 5.68. The second-order valence-electron chi connectivity index (χ2n) is 4.94. The lowest BCUT2D eigenvalue weighted by atomic mass is 10.1. The quantitative estimate of drug-likeness (QED) is 0.750. The Labute approximate surface area is 97.3 Å². The standard InChI is InChI=1S/C13H21FN2/c1-13(2,3)16-9-8-15-10-11-6-4-5-7-12(11)14/h4-7,15-16H,8-10H2,1-3H3. The molecule has 90 valence electrons. The highest BCUT2D eigenvalue weighted by molar-refractivity contribution is 5.16. The van der Waals surface area contributed by atoms with E-state index in [1.165, 1.54) is 6.07 Å². The molecule has 1 aromatic rings. The maximum absolute atomic E-state index is 13.2. The first-order chi connectivity index (χ1) is 7.49. The zero-order valence-corrected chi connectivity index (χ0v) is 10.3. The molecule has 0 bridgehead atoms. The Kier molecular flexibility index (Phi) is 4.90. The van der Waals surface area contributed by atoms with Crippen molar-refractivity contribution in [3.05, 3.63) is 35.6 Å². The summed E-state index contributed by atoms with van der Waals surface area (Å²) < 4.78 is 13.2. The van der Waals surface area contributed by atoms with Crippen LogP contribution in [0.2, 0.25) is 0 Å². The first kappa shape index (κ1) is 13.1. The van der Waals surface area contributed by atoms with Gasteiger partial charge in [-0.3, -0.25) is 0 Å². The van der Waals surface area contributed by atoms with Crippen LogP contribution in [-0.4, -0.2) is 18.6 Å². The van der Waals surface area contributed by atoms with Gasteiger partial charge in [0.15, 0.2) is 0 Å². The molecule has 1 rings (SSSR count). The highest BCUT2D eigenvalue weighted by Crippen LogP contribution is 2.05. The Morgan fingerprint density at radius 1 is 1.12 bits per heavy atom. The molecule has 0 aliphatic rings. The molecule has 0 saturated heterocycles. The highest BCUT2D eigenvalue weighted by Gasteiger charge is 2.07. The van der Waals surface area contributed by atoms with E-state index in [0.717, 1.165) is 18.7 Å². The molecule has 3 heteroatoms. The smallest absolute Gasteiger partial charge is 0.127 e. The maximum Gasteiger partial charge on any atom is 0.127 e. The van der Waals surface area contributed by atoms with Gasteiger partial charge in [0.25, 0.3) is 0 Å². The van der Waals surface area contributed by atoms with E-state index in [-0.39, 0.29) is 11.4 Å². The summed E-state index contributed by atoms with van der Waals surface area (Å²) in [4.78, 5) is 0. The van der Waals surface area contributed by atoms with Crippen LogP contribution in [0.1, 0.15) is 26.3 Å². The molecule has 0 unspecified atom stereocenters. The van der Waals surface area contributed by atoms with E-state index >= 15 is 0 Å². The number of hydrogen-bond acceptors (Lipinski definition) is 2. The summed E-state index contributed by atoms with van der Waals surface area (Å²) in [5, 5.41) is 6.58. The summed E-state index contributed by atoms with van der Waals surface area (Å²) in [6.07, 6.45) is 0. The largest absolute Gasteiger partial charge is 0.311 e. The Hall–Kier alpha value is -0.930. The van der Waals surface area contributed by atoms with Gasteiger partial charge in [-0.25, -0.2) is 4.39 Å². The predicted molar refractivity (Wildman–Crippen MR) is 65.9 cm³/mol. The van der Waals surface area contributed by atoms with Gasteiger partial charge in [-0.2, -0.15) is 0 Å². The lowest BCUT2D eigenvalue weighted by Crippen LogP contribution is -2.40. The van der Waals surface area contributed by atoms with Crippen LogP contribution in [0.25, 0.3) is 0 Å². The molecule has 16 heavy (non-hydrogen) atoms. The normalized spacial score (nSPS) is 11.8. The molecule has 0 fully saturated rings. The Morgan fingerprint density at radius 3 is 2.44 bits per heavy atom. The van der Waals surface area contributed by atoms with Gasteiger partial charge in [-0.05, 0) is 26.8 Å². The number of hydrogen-bond donors (Lipinski definition) is 2. The minimum absolute atomic E-state index is 0.139. The second kappa shape index (κ2) is 5.97. The molecule has 0 atom stereocenters. The average Bonchev–Trinajstić information content (AvgIpc) is 2.18. The molecule has 0 aliphatic carbocycles. The van der Waals surface area contributed by atoms with Gasteiger partial charge in [0.05, 0.1) is 0 Å². The summed E-state index contributed by atoms with van der Waals surface area (Å²) in [5.41, 5.74) is 0.859. The molecule has 2 N–H and O–H groups in total. The van der Waals surface area contributed by atoms with Crippen molar-refractivity contribution >= 4 is 0 Å². The van der Waals surface area contributed by atoms with Crippen LogP contribution in [0.5, 0.6) is 0 Å². The van der Waals surface area contributed by atoms with Crippen molar-refractivity contribution in [2.75, 3.05) is 13.1 Å². The number of halogens is 1. The number of benzene rings is 1. The third-order valence-electron chi connectivity index (χ3n) is 2.23. The molecule has 1 aromatic carbocycles. The monoisotopic (exact) mass is 224 g/mol. The molecular formula is C13H21FN2. The zero-order chi connectivity index (χ0) is 12.0. The van der Waals surface area contributed by atoms with Crippen molar-refractivity contribution in [2.45, 2.75) is 32.9 Å². The summed E-state index contributed by atoms with van der Waals surface area (Å²) in [7, 11) is 0. The maximum atomic E-state index is 13.2. The van der Waals surface area contributed by atoms with Gasteiger partial charge in [0.1, 0.15) is 5.82 Å². The van der Waals surface area contributed by atoms with Crippen LogP contribution < -0.4 is 10.6 Å². The summed E-state index contributed by atoms with van der Waals surface area (Å²) in [6.45, 7) is 8.69. The molecule has 2 nitrogen and oxygen atoms in total. The fourth-order valence-electron chi connectivity index (χ4n) is 1.39. The summed E-state index contributed by atoms with van der Waals surface area (Å²) in [6, 6.07) is 6.86. The van der Waals surface area contributed by atoms with Crippen molar-refractivity contribution in [1.82, 2.24) is 10.6 Å². The minimum Gasteiger partial charge on any atom is -0.311 e. The van der Waals surface area contributed by atoms with Gasteiger partial charge in [0, 0.05) is 30.7 Å². The van der Waals surface area contributed by atoms with E-state index in [0.29, 0.717) is 6.54 Å². The van der Waals surface area contributed by atoms with Gasteiger partial charge >= 0.3 is 0 Å². The van der Waals surface area contributed by atoms with Crippen LogP contribution in [0.4, 0.5) is 4.39 Å². The average molecular weight is 224 g/mol. The molecule has 0 radical (unpaired) electrons. The van der Waals surface area contributed by atoms with Crippen LogP contribution in [0.3, 0.4) is 0 Å². The molecule has 0 heterocycles. The third kappa shape index (κ3) is 5.24. The third-order valence-corrected chi connectivity index (χ3v) is 2.23. The van der Waals surface area contributed by atoms with E-state index in [1.807, 2.05) is 6.07 Å². The second-order valence-corrected chi connectivity index (χ2v) is 4.94. The van der Waals surface area contributed by atoms with Crippen LogP contribution in [-0.2, 0) is 6.54 Å². The fourth-order valence-corrected chi connectivity index (χ4v) is 1.39. The summed E-state index contributed by atoms with van der Waals surface area (Å²) >= 11 is 0. The van der Waals surface area contributed by atoms with E-state index in [1.54, 1.807) is 12.1 Å². The van der Waals surface area contributed by atoms with Gasteiger partial charge < -0.3 is 10.6 Å². The van der Waals surface area contributed by atoms with E-state index in [2.05, 4.69) is 31.4 Å². The number of rotatable bonds is 5. The van der Waals surface area contributed by atoms with Crippen LogP contribution in [0.15, 0.2) is 24.3 Å². The summed E-state index contributed by atoms with van der Waals surface area (Å²) in [5.74, 6) is -0.140. The molecule has 0 saturated carbocycles. The minimum atomic E-state index is -0.140. The van der Waals surface area contributed by atoms with Gasteiger partial charge in [-0.1, -0.05) is 18.2 Å². The fraction of sp³-hybridized carbons (Fsp3) is 0.538. The first-order valence-electron chi connectivity index (χ1n) is 5.68. The molecular weight excluding hydrogens is 203 g/mol. The van der Waals surface area contributed by atoms with Gasteiger partial charge in [0.2, 0.25) is 0 Å². The van der Waals surface area contributed by atoms with Crippen molar-refractivity contribution in [3.63, 3.8) is 0 Å². The topological polar surface area (TPSA) is 24.1 Å². The zero-order valence-electron chi connectivity index (χ0n) is 10.3. The van der Waals surface area contributed by atoms with Crippen molar-refractivity contribution in [1.29, 1.82) is 0 Å². The van der Waals surface area contributed by atoms with E-state index in [9.17, 15) is 4.39 Å². The SMILES string of the molecule is CC(C)(C)NCCNCc1ccccc1F. The van der Waals surface area contributed by atoms with Crippen molar-refractivity contribution < 1.29 is 4.39 Å². The van der Waals surface area contributed by atoms with Crippen molar-refractivity contribution in [3.8, 4) is 0 Å². The molecule has 0 spiro atoms. The lowest BCUT2D eigenvalue weighted by Gasteiger charge is -2.20. The Balaban J connectivity index is 2.19. The van der Waals surface area contributed by atoms with Crippen LogP contribution in [0, 0.1) is 5.82 Å². The van der Waals surface area contributed by atoms with E-state index in [4.69, 9.17) is 0 Å². The Morgan fingerprint density at radius 2 is 1.81 bits per heavy atom. The van der Waals surface area contributed by atoms with Gasteiger partial charge in [-0.15, -0.1) is 0 Å². The molecule has 0 amide bonds. The van der Waals surface area contributed by atoms with Crippen molar-refractivity contribution in [2.24, 2.45) is 0 Å². The lowest BCUT2D eigenvalue weighted by molar-refractivity contribution is 0.421. The van der Waals surface area contributed by atoms with E-state index < -0.39 is 0 Å². The molecule has 0 aliphatic heterocycles. The Bertz CT molecular complexity index is 318. The van der Waals surface area contributed by atoms with Crippen LogP contribution >= 0.6 is 0 Å².